The van der Waals surface area contributed by atoms with Gasteiger partial charge in [0.25, 0.3) is 0 Å². The number of thioether (sulfide) groups is 1. The number of carbonyl (C=O) groups excluding carboxylic acids is 1. The van der Waals surface area contributed by atoms with Crippen molar-refractivity contribution in [3.05, 3.63) is 24.3 Å². The van der Waals surface area contributed by atoms with Crippen molar-refractivity contribution < 1.29 is 9.53 Å². The first-order valence-electron chi connectivity index (χ1n) is 9.77. The van der Waals surface area contributed by atoms with Crippen LogP contribution in [-0.4, -0.2) is 35.0 Å². The molecule has 2 aliphatic rings. The van der Waals surface area contributed by atoms with E-state index in [0.29, 0.717) is 16.8 Å². The molecule has 0 spiro atoms. The first-order valence-corrected chi connectivity index (χ1v) is 11.6. The maximum Gasteiger partial charge on any atom is 0.230 e. The minimum Gasteiger partial charge on any atom is -0.497 e. The Morgan fingerprint density at radius 3 is 2.79 bits per heavy atom. The van der Waals surface area contributed by atoms with Crippen LogP contribution in [0.5, 0.6) is 5.75 Å². The van der Waals surface area contributed by atoms with E-state index in [9.17, 15) is 4.79 Å². The maximum absolute atomic E-state index is 12.3. The number of ether oxygens (including phenoxy) is 1. The number of methoxy groups -OCH3 is 1. The molecule has 2 aromatic rings. The van der Waals surface area contributed by atoms with E-state index in [2.05, 4.69) is 27.8 Å². The number of aromatic nitrogens is 2. The van der Waals surface area contributed by atoms with Gasteiger partial charge in [-0.3, -0.25) is 4.79 Å². The van der Waals surface area contributed by atoms with Gasteiger partial charge in [-0.15, -0.1) is 10.2 Å². The fraction of sp³-hybridized carbons (Fsp3) is 0.550. The molecule has 4 rings (SSSR count). The van der Waals surface area contributed by atoms with E-state index in [1.807, 2.05) is 24.3 Å². The molecule has 28 heavy (non-hydrogen) atoms. The molecule has 150 valence electrons. The summed E-state index contributed by atoms with van der Waals surface area (Å²) in [5.74, 6) is 3.66. The van der Waals surface area contributed by atoms with Crippen molar-refractivity contribution in [1.82, 2.24) is 15.5 Å². The first kappa shape index (κ1) is 19.5. The van der Waals surface area contributed by atoms with E-state index in [1.54, 1.807) is 7.11 Å². The summed E-state index contributed by atoms with van der Waals surface area (Å²) in [6.45, 7) is 2.16. The molecule has 2 fully saturated rings. The Balaban J connectivity index is 1.23. The van der Waals surface area contributed by atoms with E-state index >= 15 is 0 Å². The highest BCUT2D eigenvalue weighted by atomic mass is 32.2. The zero-order chi connectivity index (χ0) is 19.5. The third kappa shape index (κ3) is 4.60. The van der Waals surface area contributed by atoms with Crippen molar-refractivity contribution in [2.75, 3.05) is 18.2 Å². The SMILES string of the molecule is COc1ccc(Nc2nnc(SCC(=O)N[C@H](C)[C@H]3C[C@H]4CC[C@H]3C4)s2)cc1. The largest absolute Gasteiger partial charge is 0.497 e. The summed E-state index contributed by atoms with van der Waals surface area (Å²) < 4.78 is 5.95. The predicted octanol–water partition coefficient (Wildman–Crippen LogP) is 4.32. The van der Waals surface area contributed by atoms with Crippen LogP contribution in [0.15, 0.2) is 28.6 Å². The summed E-state index contributed by atoms with van der Waals surface area (Å²) in [6, 6.07) is 7.90. The van der Waals surface area contributed by atoms with Gasteiger partial charge in [0, 0.05) is 11.7 Å². The number of benzene rings is 1. The molecule has 1 heterocycles. The molecule has 2 aliphatic carbocycles. The number of hydrogen-bond donors (Lipinski definition) is 2. The summed E-state index contributed by atoms with van der Waals surface area (Å²) >= 11 is 2.89. The van der Waals surface area contributed by atoms with Crippen LogP contribution in [-0.2, 0) is 4.79 Å². The van der Waals surface area contributed by atoms with Crippen molar-refractivity contribution in [3.63, 3.8) is 0 Å². The molecule has 0 saturated heterocycles. The number of rotatable bonds is 8. The molecule has 8 heteroatoms. The number of anilines is 2. The standard InChI is InChI=1S/C20H26N4O2S2/c1-12(17-10-13-3-4-14(17)9-13)21-18(25)11-27-20-24-23-19(28-20)22-15-5-7-16(26-2)8-6-15/h5-8,12-14,17H,3-4,9-11H2,1-2H3,(H,21,25)(H,22,23)/t12-,13+,14+,17-/m1/s1. The molecule has 1 aromatic heterocycles. The molecule has 6 nitrogen and oxygen atoms in total. The molecular weight excluding hydrogens is 392 g/mol. The second kappa shape index (κ2) is 8.69. The van der Waals surface area contributed by atoms with Crippen LogP contribution in [0.1, 0.15) is 32.6 Å². The Bertz CT molecular complexity index is 811. The third-order valence-electron chi connectivity index (χ3n) is 5.90. The molecule has 2 bridgehead atoms. The second-order valence-corrected chi connectivity index (χ2v) is 9.91. The highest BCUT2D eigenvalue weighted by Gasteiger charge is 2.42. The van der Waals surface area contributed by atoms with Crippen LogP contribution in [0.4, 0.5) is 10.8 Å². The molecule has 0 radical (unpaired) electrons. The van der Waals surface area contributed by atoms with Gasteiger partial charge in [0.2, 0.25) is 11.0 Å². The highest BCUT2D eigenvalue weighted by molar-refractivity contribution is 8.01. The van der Waals surface area contributed by atoms with E-state index in [4.69, 9.17) is 4.74 Å². The van der Waals surface area contributed by atoms with Crippen molar-refractivity contribution in [3.8, 4) is 5.75 Å². The van der Waals surface area contributed by atoms with Crippen LogP contribution < -0.4 is 15.4 Å². The number of fused-ring (bicyclic) bond motifs is 2. The van der Waals surface area contributed by atoms with Crippen molar-refractivity contribution in [2.45, 2.75) is 43.0 Å². The monoisotopic (exact) mass is 418 g/mol. The Morgan fingerprint density at radius 1 is 1.29 bits per heavy atom. The van der Waals surface area contributed by atoms with Gasteiger partial charge in [0.1, 0.15) is 5.75 Å². The van der Waals surface area contributed by atoms with Gasteiger partial charge in [-0.25, -0.2) is 0 Å². The van der Waals surface area contributed by atoms with E-state index in [-0.39, 0.29) is 11.9 Å². The van der Waals surface area contributed by atoms with Crippen LogP contribution in [0.25, 0.3) is 0 Å². The number of hydrogen-bond acceptors (Lipinski definition) is 7. The van der Waals surface area contributed by atoms with Gasteiger partial charge < -0.3 is 15.4 Å². The summed E-state index contributed by atoms with van der Waals surface area (Å²) in [6.07, 6.45) is 5.39. The zero-order valence-corrected chi connectivity index (χ0v) is 17.8. The fourth-order valence-corrected chi connectivity index (χ4v) is 6.14. The molecule has 4 atom stereocenters. The Morgan fingerprint density at radius 2 is 2.11 bits per heavy atom. The number of amides is 1. The van der Waals surface area contributed by atoms with Crippen molar-refractivity contribution in [2.24, 2.45) is 17.8 Å². The average molecular weight is 419 g/mol. The van der Waals surface area contributed by atoms with Gasteiger partial charge in [0.05, 0.1) is 12.9 Å². The van der Waals surface area contributed by atoms with Crippen LogP contribution in [0.3, 0.4) is 0 Å². The first-order chi connectivity index (χ1) is 13.6. The molecule has 2 N–H and O–H groups in total. The normalized spacial score (nSPS) is 24.1. The minimum atomic E-state index is 0.0835. The zero-order valence-electron chi connectivity index (χ0n) is 16.2. The fourth-order valence-electron chi connectivity index (χ4n) is 4.55. The Hall–Kier alpha value is -1.80. The maximum atomic E-state index is 12.3. The quantitative estimate of drug-likeness (QED) is 0.622. The summed E-state index contributed by atoms with van der Waals surface area (Å²) in [5, 5.41) is 15.5. The van der Waals surface area contributed by atoms with Gasteiger partial charge in [-0.1, -0.05) is 29.5 Å². The Kier molecular flexibility index (Phi) is 6.06. The van der Waals surface area contributed by atoms with E-state index in [1.165, 1.54) is 48.8 Å². The summed E-state index contributed by atoms with van der Waals surface area (Å²) in [5.41, 5.74) is 0.922. The van der Waals surface area contributed by atoms with Gasteiger partial charge >= 0.3 is 0 Å². The van der Waals surface area contributed by atoms with Crippen LogP contribution >= 0.6 is 23.1 Å². The lowest BCUT2D eigenvalue weighted by molar-refractivity contribution is -0.119. The average Bonchev–Trinajstić information content (AvgIpc) is 3.44. The number of carbonyl (C=O) groups is 1. The van der Waals surface area contributed by atoms with Crippen LogP contribution in [0.2, 0.25) is 0 Å². The molecule has 1 amide bonds. The van der Waals surface area contributed by atoms with Gasteiger partial charge in [-0.2, -0.15) is 0 Å². The predicted molar refractivity (Wildman–Crippen MR) is 113 cm³/mol. The lowest BCUT2D eigenvalue weighted by Gasteiger charge is -2.28. The second-order valence-electron chi connectivity index (χ2n) is 7.71. The van der Waals surface area contributed by atoms with Crippen molar-refractivity contribution >= 4 is 39.8 Å². The van der Waals surface area contributed by atoms with Crippen LogP contribution in [0, 0.1) is 17.8 Å². The number of nitrogens with one attached hydrogen (secondary N) is 2. The third-order valence-corrected chi connectivity index (χ3v) is 7.87. The number of nitrogens with zero attached hydrogens (tertiary/aromatic N) is 2. The van der Waals surface area contributed by atoms with E-state index < -0.39 is 0 Å². The highest BCUT2D eigenvalue weighted by Crippen LogP contribution is 2.49. The summed E-state index contributed by atoms with van der Waals surface area (Å²) in [4.78, 5) is 12.3. The minimum absolute atomic E-state index is 0.0835. The molecule has 0 aliphatic heterocycles. The Labute approximate surface area is 173 Å². The molecule has 0 unspecified atom stereocenters. The van der Waals surface area contributed by atoms with Gasteiger partial charge in [-0.05, 0) is 68.2 Å². The summed E-state index contributed by atoms with van der Waals surface area (Å²) in [7, 11) is 1.64. The van der Waals surface area contributed by atoms with Gasteiger partial charge in [0.15, 0.2) is 4.34 Å². The topological polar surface area (TPSA) is 76.1 Å². The lowest BCUT2D eigenvalue weighted by Crippen LogP contribution is -2.40. The molecule has 2 saturated carbocycles. The molecule has 1 aromatic carbocycles. The smallest absolute Gasteiger partial charge is 0.230 e. The lowest BCUT2D eigenvalue weighted by atomic mass is 9.84. The van der Waals surface area contributed by atoms with Crippen molar-refractivity contribution in [1.29, 1.82) is 0 Å². The molecular formula is C20H26N4O2S2. The van der Waals surface area contributed by atoms with E-state index in [0.717, 1.165) is 27.6 Å².